The molecule has 1 amide bonds. The normalized spacial score (nSPS) is 25.4. The number of carbonyl (C=O) groups is 1. The molecule has 2 atom stereocenters. The monoisotopic (exact) mass is 314 g/mol. The molecule has 0 aromatic heterocycles. The highest BCUT2D eigenvalue weighted by Gasteiger charge is 2.33. The number of piperidine rings is 1. The first-order valence-electron chi connectivity index (χ1n) is 9.32. The van der Waals surface area contributed by atoms with Crippen LogP contribution in [0.5, 0.6) is 0 Å². The van der Waals surface area contributed by atoms with Gasteiger partial charge in [-0.05, 0) is 51.1 Å². The van der Waals surface area contributed by atoms with E-state index in [0.717, 1.165) is 32.4 Å². The Morgan fingerprint density at radius 3 is 2.61 bits per heavy atom. The van der Waals surface area contributed by atoms with Crippen LogP contribution in [0.1, 0.15) is 51.0 Å². The predicted molar refractivity (Wildman–Crippen MR) is 94.3 cm³/mol. The molecule has 3 rings (SSSR count). The molecule has 126 valence electrons. The lowest BCUT2D eigenvalue weighted by Gasteiger charge is -2.35. The van der Waals surface area contributed by atoms with E-state index in [0.29, 0.717) is 18.0 Å². The number of benzene rings is 1. The Bertz CT molecular complexity index is 496. The highest BCUT2D eigenvalue weighted by molar-refractivity contribution is 5.79. The van der Waals surface area contributed by atoms with Gasteiger partial charge in [0.1, 0.15) is 0 Å². The third-order valence-corrected chi connectivity index (χ3v) is 5.51. The van der Waals surface area contributed by atoms with Gasteiger partial charge in [0.2, 0.25) is 5.91 Å². The zero-order chi connectivity index (χ0) is 16.1. The van der Waals surface area contributed by atoms with Gasteiger partial charge in [-0.3, -0.25) is 4.79 Å². The molecule has 0 bridgehead atoms. The minimum absolute atomic E-state index is 0.225. The summed E-state index contributed by atoms with van der Waals surface area (Å²) in [7, 11) is 0. The van der Waals surface area contributed by atoms with Crippen LogP contribution in [0.15, 0.2) is 30.3 Å². The molecule has 0 radical (unpaired) electrons. The third-order valence-electron chi connectivity index (χ3n) is 5.51. The van der Waals surface area contributed by atoms with Gasteiger partial charge in [-0.15, -0.1) is 0 Å². The van der Waals surface area contributed by atoms with E-state index >= 15 is 0 Å². The lowest BCUT2D eigenvalue weighted by atomic mass is 9.91. The third kappa shape index (κ3) is 4.35. The molecular formula is C20H30N2O. The summed E-state index contributed by atoms with van der Waals surface area (Å²) in [5, 5.41) is 3.46. The van der Waals surface area contributed by atoms with Crippen molar-refractivity contribution in [1.82, 2.24) is 10.2 Å². The summed E-state index contributed by atoms with van der Waals surface area (Å²) in [5.41, 5.74) is 1.34. The number of carbonyl (C=O) groups excluding carboxylic acids is 1. The number of nitrogens with zero attached hydrogens (tertiary/aromatic N) is 1. The molecule has 1 aliphatic carbocycles. The van der Waals surface area contributed by atoms with Crippen LogP contribution >= 0.6 is 0 Å². The average molecular weight is 314 g/mol. The molecule has 1 N–H and O–H groups in total. The van der Waals surface area contributed by atoms with Crippen molar-refractivity contribution >= 4 is 5.91 Å². The zero-order valence-electron chi connectivity index (χ0n) is 14.3. The van der Waals surface area contributed by atoms with Gasteiger partial charge in [0.05, 0.1) is 0 Å². The second-order valence-electron chi connectivity index (χ2n) is 7.28. The molecular weight excluding hydrogens is 284 g/mol. The van der Waals surface area contributed by atoms with Gasteiger partial charge in [0.25, 0.3) is 0 Å². The predicted octanol–water partition coefficient (Wildman–Crippen LogP) is 3.39. The van der Waals surface area contributed by atoms with Crippen molar-refractivity contribution in [2.45, 2.75) is 64.0 Å². The Balaban J connectivity index is 1.66. The standard InChI is InChI=1S/C20H30N2O/c1-16-15-18(11-13-21-16)20(23)22(19-9-5-6-10-19)14-12-17-7-3-2-4-8-17/h2-4,7-8,16,18-19,21H,5-6,9-15H2,1H3/t16-,18-/m0/s1. The fraction of sp³-hybridized carbons (Fsp3) is 0.650. The quantitative estimate of drug-likeness (QED) is 0.903. The van der Waals surface area contributed by atoms with Crippen LogP contribution in [0, 0.1) is 5.92 Å². The van der Waals surface area contributed by atoms with E-state index < -0.39 is 0 Å². The van der Waals surface area contributed by atoms with E-state index in [1.165, 1.54) is 31.2 Å². The average Bonchev–Trinajstić information content (AvgIpc) is 3.10. The first-order chi connectivity index (χ1) is 11.2. The Morgan fingerprint density at radius 1 is 1.17 bits per heavy atom. The molecule has 3 nitrogen and oxygen atoms in total. The molecule has 1 saturated heterocycles. The van der Waals surface area contributed by atoms with Crippen molar-refractivity contribution in [2.75, 3.05) is 13.1 Å². The van der Waals surface area contributed by atoms with Crippen LogP contribution in [0.2, 0.25) is 0 Å². The molecule has 1 heterocycles. The topological polar surface area (TPSA) is 32.3 Å². The van der Waals surface area contributed by atoms with E-state index in [9.17, 15) is 4.79 Å². The Kier molecular flexibility index (Phi) is 5.71. The minimum atomic E-state index is 0.225. The van der Waals surface area contributed by atoms with Crippen LogP contribution in [-0.4, -0.2) is 36.0 Å². The fourth-order valence-corrected chi connectivity index (χ4v) is 4.17. The van der Waals surface area contributed by atoms with Crippen molar-refractivity contribution in [3.05, 3.63) is 35.9 Å². The van der Waals surface area contributed by atoms with Gasteiger partial charge in [0, 0.05) is 24.5 Å². The fourth-order valence-electron chi connectivity index (χ4n) is 4.17. The van der Waals surface area contributed by atoms with E-state index in [1.807, 2.05) is 0 Å². The largest absolute Gasteiger partial charge is 0.339 e. The molecule has 2 aliphatic rings. The van der Waals surface area contributed by atoms with Crippen LogP contribution < -0.4 is 5.32 Å². The summed E-state index contributed by atoms with van der Waals surface area (Å²) in [6.45, 7) is 4.06. The maximum atomic E-state index is 13.2. The molecule has 23 heavy (non-hydrogen) atoms. The molecule has 0 unspecified atom stereocenters. The summed E-state index contributed by atoms with van der Waals surface area (Å²) in [6, 6.07) is 11.5. The van der Waals surface area contributed by atoms with Gasteiger partial charge in [-0.2, -0.15) is 0 Å². The molecule has 1 aromatic carbocycles. The van der Waals surface area contributed by atoms with Gasteiger partial charge in [-0.1, -0.05) is 43.2 Å². The van der Waals surface area contributed by atoms with Gasteiger partial charge < -0.3 is 10.2 Å². The van der Waals surface area contributed by atoms with Gasteiger partial charge >= 0.3 is 0 Å². The Morgan fingerprint density at radius 2 is 1.91 bits per heavy atom. The smallest absolute Gasteiger partial charge is 0.226 e. The molecule has 1 aliphatic heterocycles. The van der Waals surface area contributed by atoms with Crippen LogP contribution in [-0.2, 0) is 11.2 Å². The van der Waals surface area contributed by atoms with Crippen molar-refractivity contribution in [2.24, 2.45) is 5.92 Å². The zero-order valence-corrected chi connectivity index (χ0v) is 14.3. The van der Waals surface area contributed by atoms with Crippen molar-refractivity contribution in [3.63, 3.8) is 0 Å². The minimum Gasteiger partial charge on any atom is -0.339 e. The summed E-state index contributed by atoms with van der Waals surface area (Å²) >= 11 is 0. The SMILES string of the molecule is C[C@H]1C[C@@H](C(=O)N(CCc2ccccc2)C2CCCC2)CCN1. The Hall–Kier alpha value is -1.35. The highest BCUT2D eigenvalue weighted by Crippen LogP contribution is 2.27. The second kappa shape index (κ2) is 7.96. The van der Waals surface area contributed by atoms with E-state index in [1.54, 1.807) is 0 Å². The molecule has 2 fully saturated rings. The van der Waals surface area contributed by atoms with E-state index in [4.69, 9.17) is 0 Å². The number of hydrogen-bond donors (Lipinski definition) is 1. The first kappa shape index (κ1) is 16.5. The summed E-state index contributed by atoms with van der Waals surface area (Å²) < 4.78 is 0. The number of amides is 1. The van der Waals surface area contributed by atoms with Crippen molar-refractivity contribution in [3.8, 4) is 0 Å². The highest BCUT2D eigenvalue weighted by atomic mass is 16.2. The van der Waals surface area contributed by atoms with Crippen molar-refractivity contribution < 1.29 is 4.79 Å². The molecule has 3 heteroatoms. The van der Waals surface area contributed by atoms with Crippen LogP contribution in [0.25, 0.3) is 0 Å². The van der Waals surface area contributed by atoms with E-state index in [-0.39, 0.29) is 5.92 Å². The lowest BCUT2D eigenvalue weighted by molar-refractivity contribution is -0.139. The molecule has 0 spiro atoms. The van der Waals surface area contributed by atoms with Crippen LogP contribution in [0.3, 0.4) is 0 Å². The van der Waals surface area contributed by atoms with Gasteiger partial charge in [0.15, 0.2) is 0 Å². The lowest BCUT2D eigenvalue weighted by Crippen LogP contribution is -2.47. The molecule has 1 saturated carbocycles. The maximum absolute atomic E-state index is 13.2. The number of rotatable bonds is 5. The summed E-state index contributed by atoms with van der Waals surface area (Å²) in [6.07, 6.45) is 7.92. The number of nitrogens with one attached hydrogen (secondary N) is 1. The summed E-state index contributed by atoms with van der Waals surface area (Å²) in [5.74, 6) is 0.642. The Labute approximate surface area is 140 Å². The van der Waals surface area contributed by atoms with Crippen LogP contribution in [0.4, 0.5) is 0 Å². The second-order valence-corrected chi connectivity index (χ2v) is 7.28. The number of hydrogen-bond acceptors (Lipinski definition) is 2. The van der Waals surface area contributed by atoms with Crippen molar-refractivity contribution in [1.29, 1.82) is 0 Å². The van der Waals surface area contributed by atoms with Gasteiger partial charge in [-0.25, -0.2) is 0 Å². The first-order valence-corrected chi connectivity index (χ1v) is 9.32. The summed E-state index contributed by atoms with van der Waals surface area (Å²) in [4.78, 5) is 15.4. The van der Waals surface area contributed by atoms with E-state index in [2.05, 4.69) is 47.5 Å². The molecule has 1 aromatic rings. The maximum Gasteiger partial charge on any atom is 0.226 e.